The molecule has 1 N–H and O–H groups in total. The van der Waals surface area contributed by atoms with Crippen LogP contribution in [0.4, 0.5) is 5.69 Å². The first kappa shape index (κ1) is 14.6. The maximum absolute atomic E-state index is 13.2. The van der Waals surface area contributed by atoms with Crippen LogP contribution in [0.1, 0.15) is 33.1 Å². The van der Waals surface area contributed by atoms with E-state index < -0.39 is 5.60 Å². The summed E-state index contributed by atoms with van der Waals surface area (Å²) in [5.74, 6) is 2.01. The molecule has 2 heterocycles. The number of fused-ring (bicyclic) bond motifs is 1. The SMILES string of the molecule is CC12COC3(C(=O)Nc4ccc5c(c4)OCCO5)CC1CCC32C. The second-order valence-electron chi connectivity index (χ2n) is 8.12. The monoisotopic (exact) mass is 329 g/mol. The van der Waals surface area contributed by atoms with Crippen LogP contribution >= 0.6 is 0 Å². The molecule has 2 aliphatic carbocycles. The Morgan fingerprint density at radius 2 is 2.00 bits per heavy atom. The van der Waals surface area contributed by atoms with Crippen LogP contribution in [0, 0.1) is 16.7 Å². The van der Waals surface area contributed by atoms with Crippen molar-refractivity contribution >= 4 is 11.6 Å². The third-order valence-corrected chi connectivity index (χ3v) is 7.36. The van der Waals surface area contributed by atoms with Crippen molar-refractivity contribution in [3.63, 3.8) is 0 Å². The molecule has 4 aliphatic rings. The van der Waals surface area contributed by atoms with Gasteiger partial charge in [0.2, 0.25) is 0 Å². The number of hydrogen-bond acceptors (Lipinski definition) is 4. The number of amides is 1. The van der Waals surface area contributed by atoms with Gasteiger partial charge in [0.25, 0.3) is 5.91 Å². The van der Waals surface area contributed by atoms with Crippen LogP contribution < -0.4 is 14.8 Å². The molecule has 1 aromatic rings. The average molecular weight is 329 g/mol. The Hall–Kier alpha value is -1.75. The molecule has 2 saturated carbocycles. The molecule has 0 spiro atoms. The van der Waals surface area contributed by atoms with Crippen LogP contribution in [-0.2, 0) is 9.53 Å². The molecule has 5 heteroatoms. The lowest BCUT2D eigenvalue weighted by atomic mass is 9.66. The third-order valence-electron chi connectivity index (χ3n) is 7.36. The van der Waals surface area contributed by atoms with Crippen molar-refractivity contribution in [2.75, 3.05) is 25.1 Å². The van der Waals surface area contributed by atoms with E-state index in [0.717, 1.165) is 24.3 Å². The van der Waals surface area contributed by atoms with Crippen molar-refractivity contribution in [3.8, 4) is 11.5 Å². The minimum absolute atomic E-state index is 0.00685. The number of hydrogen-bond donors (Lipinski definition) is 1. The minimum Gasteiger partial charge on any atom is -0.486 e. The minimum atomic E-state index is -0.683. The van der Waals surface area contributed by atoms with E-state index in [1.54, 1.807) is 0 Å². The van der Waals surface area contributed by atoms with Crippen LogP contribution in [0.25, 0.3) is 0 Å². The van der Waals surface area contributed by atoms with E-state index >= 15 is 0 Å². The van der Waals surface area contributed by atoms with E-state index in [9.17, 15) is 4.79 Å². The Morgan fingerprint density at radius 1 is 1.21 bits per heavy atom. The lowest BCUT2D eigenvalue weighted by Crippen LogP contribution is -2.52. The van der Waals surface area contributed by atoms with Gasteiger partial charge in [0.1, 0.15) is 13.2 Å². The molecule has 128 valence electrons. The fourth-order valence-electron chi connectivity index (χ4n) is 5.61. The predicted molar refractivity (Wildman–Crippen MR) is 88.3 cm³/mol. The Morgan fingerprint density at radius 3 is 2.75 bits per heavy atom. The average Bonchev–Trinajstić information content (AvgIpc) is 3.06. The Labute approximate surface area is 141 Å². The van der Waals surface area contributed by atoms with Gasteiger partial charge in [0, 0.05) is 22.6 Å². The molecule has 5 rings (SSSR count). The number of carbonyl (C=O) groups excluding carboxylic acids is 1. The quantitative estimate of drug-likeness (QED) is 0.906. The zero-order chi connectivity index (χ0) is 16.6. The van der Waals surface area contributed by atoms with Crippen molar-refractivity contribution in [2.45, 2.75) is 38.7 Å². The lowest BCUT2D eigenvalue weighted by molar-refractivity contribution is -0.149. The maximum atomic E-state index is 13.2. The van der Waals surface area contributed by atoms with Gasteiger partial charge < -0.3 is 19.5 Å². The van der Waals surface area contributed by atoms with Gasteiger partial charge in [-0.25, -0.2) is 0 Å². The van der Waals surface area contributed by atoms with Crippen LogP contribution in [0.2, 0.25) is 0 Å². The second kappa shape index (κ2) is 4.45. The molecule has 0 aromatic heterocycles. The molecule has 3 fully saturated rings. The summed E-state index contributed by atoms with van der Waals surface area (Å²) in [4.78, 5) is 13.2. The molecular weight excluding hydrogens is 306 g/mol. The summed E-state index contributed by atoms with van der Waals surface area (Å²) in [6.07, 6.45) is 3.13. The van der Waals surface area contributed by atoms with E-state index in [-0.39, 0.29) is 16.7 Å². The molecule has 2 aliphatic heterocycles. The number of ether oxygens (including phenoxy) is 3. The Balaban J connectivity index is 1.44. The zero-order valence-corrected chi connectivity index (χ0v) is 14.2. The summed E-state index contributed by atoms with van der Waals surface area (Å²) >= 11 is 0. The van der Waals surface area contributed by atoms with Crippen molar-refractivity contribution < 1.29 is 19.0 Å². The molecule has 24 heavy (non-hydrogen) atoms. The van der Waals surface area contributed by atoms with Gasteiger partial charge in [0.05, 0.1) is 6.61 Å². The van der Waals surface area contributed by atoms with Gasteiger partial charge in [-0.05, 0) is 37.3 Å². The highest BCUT2D eigenvalue weighted by Crippen LogP contribution is 2.75. The van der Waals surface area contributed by atoms with Crippen LogP contribution in [0.5, 0.6) is 11.5 Å². The van der Waals surface area contributed by atoms with E-state index in [2.05, 4.69) is 19.2 Å². The van der Waals surface area contributed by atoms with Gasteiger partial charge >= 0.3 is 0 Å². The van der Waals surface area contributed by atoms with E-state index in [1.807, 2.05) is 18.2 Å². The second-order valence-corrected chi connectivity index (χ2v) is 8.12. The molecule has 4 atom stereocenters. The van der Waals surface area contributed by atoms with Gasteiger partial charge in [-0.2, -0.15) is 0 Å². The first-order valence-electron chi connectivity index (χ1n) is 8.84. The topological polar surface area (TPSA) is 56.8 Å². The number of carbonyl (C=O) groups is 1. The number of nitrogens with one attached hydrogen (secondary N) is 1. The number of anilines is 1. The van der Waals surface area contributed by atoms with Gasteiger partial charge in [-0.3, -0.25) is 4.79 Å². The summed E-state index contributed by atoms with van der Waals surface area (Å²) in [7, 11) is 0. The van der Waals surface area contributed by atoms with Crippen molar-refractivity contribution in [3.05, 3.63) is 18.2 Å². The van der Waals surface area contributed by atoms with Crippen molar-refractivity contribution in [2.24, 2.45) is 16.7 Å². The normalized spacial score (nSPS) is 41.5. The van der Waals surface area contributed by atoms with Gasteiger partial charge in [-0.15, -0.1) is 0 Å². The maximum Gasteiger partial charge on any atom is 0.257 e. The highest BCUT2D eigenvalue weighted by atomic mass is 16.6. The first-order chi connectivity index (χ1) is 11.5. The van der Waals surface area contributed by atoms with Gasteiger partial charge in [0.15, 0.2) is 17.1 Å². The van der Waals surface area contributed by atoms with Crippen LogP contribution in [0.15, 0.2) is 18.2 Å². The first-order valence-corrected chi connectivity index (χ1v) is 8.84. The third kappa shape index (κ3) is 1.52. The summed E-state index contributed by atoms with van der Waals surface area (Å²) in [6.45, 7) is 6.35. The predicted octanol–water partition coefficient (Wildman–Crippen LogP) is 2.99. The Kier molecular flexibility index (Phi) is 2.70. The largest absolute Gasteiger partial charge is 0.486 e. The highest BCUT2D eigenvalue weighted by molar-refractivity contribution is 5.99. The standard InChI is InChI=1S/C19H23NO4/c1-17-11-24-19(10-12(17)5-6-18(17,19)2)16(21)20-13-3-4-14-15(9-13)23-8-7-22-14/h3-4,9,12H,5-8,10-11H2,1-2H3,(H,20,21). The van der Waals surface area contributed by atoms with Crippen LogP contribution in [0.3, 0.4) is 0 Å². The fourth-order valence-corrected chi connectivity index (χ4v) is 5.61. The molecule has 1 saturated heterocycles. The fraction of sp³-hybridized carbons (Fsp3) is 0.632. The summed E-state index contributed by atoms with van der Waals surface area (Å²) in [5, 5.41) is 3.08. The molecule has 4 unspecified atom stereocenters. The van der Waals surface area contributed by atoms with E-state index in [4.69, 9.17) is 14.2 Å². The van der Waals surface area contributed by atoms with Crippen molar-refractivity contribution in [1.82, 2.24) is 0 Å². The molecule has 4 bridgehead atoms. The van der Waals surface area contributed by atoms with Gasteiger partial charge in [-0.1, -0.05) is 13.8 Å². The summed E-state index contributed by atoms with van der Waals surface area (Å²) < 4.78 is 17.3. The highest BCUT2D eigenvalue weighted by Gasteiger charge is 2.78. The zero-order valence-electron chi connectivity index (χ0n) is 14.2. The smallest absolute Gasteiger partial charge is 0.257 e. The molecule has 5 nitrogen and oxygen atoms in total. The molecule has 1 aromatic carbocycles. The van der Waals surface area contributed by atoms with Crippen LogP contribution in [-0.4, -0.2) is 31.3 Å². The van der Waals surface area contributed by atoms with Crippen molar-refractivity contribution in [1.29, 1.82) is 0 Å². The Bertz CT molecular complexity index is 734. The lowest BCUT2D eigenvalue weighted by Gasteiger charge is -2.40. The number of benzene rings is 1. The molecule has 1 amide bonds. The van der Waals surface area contributed by atoms with E-state index in [0.29, 0.717) is 31.5 Å². The summed E-state index contributed by atoms with van der Waals surface area (Å²) in [5.41, 5.74) is 0.125. The number of rotatable bonds is 2. The van der Waals surface area contributed by atoms with E-state index in [1.165, 1.54) is 6.42 Å². The summed E-state index contributed by atoms with van der Waals surface area (Å²) in [6, 6.07) is 5.56. The molecular formula is C19H23NO4. The molecule has 0 radical (unpaired) electrons.